The summed E-state index contributed by atoms with van der Waals surface area (Å²) in [6.45, 7) is 0. The molecule has 1 aliphatic heterocycles. The molecule has 1 saturated carbocycles. The average Bonchev–Trinajstić information content (AvgIpc) is 3.14. The van der Waals surface area contributed by atoms with Crippen molar-refractivity contribution in [3.63, 3.8) is 0 Å². The van der Waals surface area contributed by atoms with Gasteiger partial charge in [-0.2, -0.15) is 0 Å². The number of aromatic nitrogens is 1. The molecule has 8 nitrogen and oxygen atoms in total. The Hall–Kier alpha value is -3.25. The van der Waals surface area contributed by atoms with Gasteiger partial charge in [-0.25, -0.2) is 0 Å². The first-order chi connectivity index (χ1) is 11.2. The summed E-state index contributed by atoms with van der Waals surface area (Å²) in [6.07, 6.45) is 3.10. The number of rotatable bonds is 3. The molecule has 3 N–H and O–H groups in total. The number of aliphatic carboxylic acids is 1. The summed E-state index contributed by atoms with van der Waals surface area (Å²) in [5, 5.41) is 9.07. The van der Waals surface area contributed by atoms with Gasteiger partial charge in [0.25, 0.3) is 0 Å². The lowest BCUT2D eigenvalue weighted by molar-refractivity contribution is -0.139. The molecule has 0 saturated heterocycles. The number of hydrogen-bond donors (Lipinski definition) is 3. The molecule has 1 fully saturated rings. The molecule has 116 valence electrons. The Labute approximate surface area is 130 Å². The predicted molar refractivity (Wildman–Crippen MR) is 76.6 cm³/mol. The van der Waals surface area contributed by atoms with Crippen molar-refractivity contribution < 1.29 is 19.4 Å². The van der Waals surface area contributed by atoms with Crippen molar-refractivity contribution in [1.29, 1.82) is 11.1 Å². The SMILES string of the molecule is N=[N+]=N.O=C(O)[C@@H]1[C@H]2Oc3ccc(Oc4ccncc4)cc3[C@H]21. The van der Waals surface area contributed by atoms with Crippen molar-refractivity contribution in [3.05, 3.63) is 48.3 Å². The standard InChI is InChI=1S/C15H11NO4.H2N3/c17-15(18)13-12-10-7-9(1-2-11(10)20-14(12)13)19-8-3-5-16-6-4-8;1-3-2/h1-7,12-14H,(H,17,18);1-2H/q;+1/t12-,13-,14-;/m0./s1. The quantitative estimate of drug-likeness (QED) is 0.592. The molecule has 2 aromatic rings. The number of carboxylic acid groups (broad SMARTS) is 1. The molecule has 23 heavy (non-hydrogen) atoms. The van der Waals surface area contributed by atoms with E-state index in [1.54, 1.807) is 24.5 Å². The molecule has 0 radical (unpaired) electrons. The van der Waals surface area contributed by atoms with E-state index in [1.807, 2.05) is 23.1 Å². The molecule has 1 aliphatic carbocycles. The van der Waals surface area contributed by atoms with E-state index in [1.165, 1.54) is 0 Å². The zero-order valence-corrected chi connectivity index (χ0v) is 11.8. The van der Waals surface area contributed by atoms with Gasteiger partial charge in [0.1, 0.15) is 40.3 Å². The van der Waals surface area contributed by atoms with Crippen LogP contribution in [0.15, 0.2) is 42.7 Å². The average molecular weight is 313 g/mol. The molecule has 3 atom stereocenters. The minimum Gasteiger partial charge on any atom is -0.489 e. The van der Waals surface area contributed by atoms with Gasteiger partial charge in [0.2, 0.25) is 4.91 Å². The maximum absolute atomic E-state index is 11.0. The van der Waals surface area contributed by atoms with Gasteiger partial charge in [0.05, 0.1) is 0 Å². The van der Waals surface area contributed by atoms with Crippen LogP contribution in [0.1, 0.15) is 11.5 Å². The van der Waals surface area contributed by atoms with E-state index in [-0.39, 0.29) is 12.0 Å². The Kier molecular flexibility index (Phi) is 3.74. The number of pyridine rings is 1. The third kappa shape index (κ3) is 2.75. The van der Waals surface area contributed by atoms with Crippen molar-refractivity contribution in [1.82, 2.24) is 9.90 Å². The van der Waals surface area contributed by atoms with E-state index < -0.39 is 11.9 Å². The molecule has 0 bridgehead atoms. The number of carboxylic acids is 1. The highest BCUT2D eigenvalue weighted by Gasteiger charge is 2.63. The van der Waals surface area contributed by atoms with E-state index in [0.29, 0.717) is 11.5 Å². The zero-order valence-electron chi connectivity index (χ0n) is 11.8. The summed E-state index contributed by atoms with van der Waals surface area (Å²) in [5.41, 5.74) is 11.9. The topological polar surface area (TPSA) is 130 Å². The smallest absolute Gasteiger partial charge is 0.311 e. The summed E-state index contributed by atoms with van der Waals surface area (Å²) < 4.78 is 11.3. The number of nitrogens with zero attached hydrogens (tertiary/aromatic N) is 2. The van der Waals surface area contributed by atoms with Crippen LogP contribution in [0.3, 0.4) is 0 Å². The normalized spacial score (nSPS) is 22.3. The van der Waals surface area contributed by atoms with E-state index in [4.69, 9.17) is 25.6 Å². The minimum atomic E-state index is -0.800. The van der Waals surface area contributed by atoms with Gasteiger partial charge >= 0.3 is 5.97 Å². The largest absolute Gasteiger partial charge is 0.489 e. The van der Waals surface area contributed by atoms with Crippen LogP contribution in [0.25, 0.3) is 0 Å². The van der Waals surface area contributed by atoms with Gasteiger partial charge in [-0.15, -0.1) is 0 Å². The maximum atomic E-state index is 11.0. The Balaban J connectivity index is 0.000000485. The lowest BCUT2D eigenvalue weighted by Gasteiger charge is -2.09. The molecule has 0 amide bonds. The number of hydrogen-bond acceptors (Lipinski definition) is 6. The first-order valence-electron chi connectivity index (χ1n) is 6.80. The lowest BCUT2D eigenvalue weighted by Crippen LogP contribution is -2.08. The number of fused-ring (bicyclic) bond motifs is 3. The molecular weight excluding hydrogens is 300 g/mol. The number of benzene rings is 1. The Morgan fingerprint density at radius 1 is 1.22 bits per heavy atom. The second-order valence-electron chi connectivity index (χ2n) is 5.07. The minimum absolute atomic E-state index is 0.0384. The second-order valence-corrected chi connectivity index (χ2v) is 5.07. The Morgan fingerprint density at radius 3 is 2.57 bits per heavy atom. The molecule has 4 rings (SSSR count). The second kappa shape index (κ2) is 5.86. The molecule has 8 heteroatoms. The fourth-order valence-corrected chi connectivity index (χ4v) is 2.74. The molecule has 2 aliphatic rings. The molecule has 1 aromatic carbocycles. The molecule has 1 aromatic heterocycles. The lowest BCUT2D eigenvalue weighted by atomic mass is 10.1. The Bertz CT molecular complexity index is 774. The third-order valence-electron chi connectivity index (χ3n) is 3.73. The van der Waals surface area contributed by atoms with Crippen LogP contribution in [-0.4, -0.2) is 22.2 Å². The maximum Gasteiger partial charge on any atom is 0.311 e. The van der Waals surface area contributed by atoms with E-state index in [0.717, 1.165) is 11.3 Å². The van der Waals surface area contributed by atoms with Crippen LogP contribution in [-0.2, 0) is 4.79 Å². The summed E-state index contributed by atoms with van der Waals surface area (Å²) in [5.74, 6) is 0.879. The first kappa shape index (κ1) is 14.7. The van der Waals surface area contributed by atoms with Crippen LogP contribution in [0, 0.1) is 17.0 Å². The van der Waals surface area contributed by atoms with Crippen LogP contribution >= 0.6 is 0 Å². The molecule has 0 spiro atoms. The molecular formula is C15H13N4O4+. The third-order valence-corrected chi connectivity index (χ3v) is 3.73. The van der Waals surface area contributed by atoms with E-state index in [2.05, 4.69) is 4.98 Å². The van der Waals surface area contributed by atoms with E-state index >= 15 is 0 Å². The van der Waals surface area contributed by atoms with Crippen molar-refractivity contribution in [3.8, 4) is 17.2 Å². The van der Waals surface area contributed by atoms with Gasteiger partial charge in [-0.3, -0.25) is 9.78 Å². The number of ether oxygens (including phenoxy) is 2. The van der Waals surface area contributed by atoms with E-state index in [9.17, 15) is 4.79 Å². The summed E-state index contributed by atoms with van der Waals surface area (Å²) in [7, 11) is 0. The van der Waals surface area contributed by atoms with Gasteiger partial charge in [-0.05, 0) is 30.3 Å². The summed E-state index contributed by atoms with van der Waals surface area (Å²) in [6, 6.07) is 9.05. The highest BCUT2D eigenvalue weighted by Crippen LogP contribution is 2.58. The molecule has 0 unspecified atom stereocenters. The van der Waals surface area contributed by atoms with Crippen LogP contribution in [0.2, 0.25) is 0 Å². The number of nitrogens with one attached hydrogen (secondary N) is 2. The summed E-state index contributed by atoms with van der Waals surface area (Å²) >= 11 is 0. The zero-order chi connectivity index (χ0) is 16.4. The predicted octanol–water partition coefficient (Wildman–Crippen LogP) is 2.55. The fourth-order valence-electron chi connectivity index (χ4n) is 2.74. The van der Waals surface area contributed by atoms with Crippen molar-refractivity contribution in [2.75, 3.05) is 0 Å². The van der Waals surface area contributed by atoms with Crippen molar-refractivity contribution >= 4 is 5.97 Å². The van der Waals surface area contributed by atoms with Crippen molar-refractivity contribution in [2.24, 2.45) is 5.92 Å². The highest BCUT2D eigenvalue weighted by molar-refractivity contribution is 5.79. The van der Waals surface area contributed by atoms with Gasteiger partial charge in [-0.1, -0.05) is 0 Å². The Morgan fingerprint density at radius 2 is 1.91 bits per heavy atom. The first-order valence-corrected chi connectivity index (χ1v) is 6.80. The van der Waals surface area contributed by atoms with Crippen molar-refractivity contribution in [2.45, 2.75) is 12.0 Å². The van der Waals surface area contributed by atoms with Crippen LogP contribution in [0.4, 0.5) is 0 Å². The van der Waals surface area contributed by atoms with Gasteiger partial charge in [0.15, 0.2) is 0 Å². The van der Waals surface area contributed by atoms with Gasteiger partial charge < -0.3 is 14.6 Å². The van der Waals surface area contributed by atoms with Crippen LogP contribution < -0.4 is 14.4 Å². The number of carbonyl (C=O) groups is 1. The van der Waals surface area contributed by atoms with Crippen LogP contribution in [0.5, 0.6) is 17.2 Å². The van der Waals surface area contributed by atoms with Gasteiger partial charge in [0, 0.05) is 23.9 Å². The highest BCUT2D eigenvalue weighted by atomic mass is 16.5. The fraction of sp³-hybridized carbons (Fsp3) is 0.200. The summed E-state index contributed by atoms with van der Waals surface area (Å²) in [4.78, 5) is 17.0. The molecule has 2 heterocycles. The monoisotopic (exact) mass is 313 g/mol.